The summed E-state index contributed by atoms with van der Waals surface area (Å²) in [5.41, 5.74) is 3.31. The summed E-state index contributed by atoms with van der Waals surface area (Å²) in [5, 5.41) is 8.12. The number of carbonyl (C=O) groups is 2. The largest absolute Gasteiger partial charge is 0.366 e. The molecule has 6 rings (SSSR count). The fourth-order valence-electron chi connectivity index (χ4n) is 4.97. The van der Waals surface area contributed by atoms with Gasteiger partial charge in [0, 0.05) is 53.7 Å². The van der Waals surface area contributed by atoms with Crippen LogP contribution in [0.25, 0.3) is 33.5 Å². The van der Waals surface area contributed by atoms with Crippen LogP contribution in [0.5, 0.6) is 0 Å². The van der Waals surface area contributed by atoms with Crippen LogP contribution in [0.1, 0.15) is 17.3 Å². The van der Waals surface area contributed by atoms with Gasteiger partial charge in [0.15, 0.2) is 5.82 Å². The number of ether oxygens (including phenoxy) is 1. The van der Waals surface area contributed by atoms with Crippen LogP contribution >= 0.6 is 0 Å². The van der Waals surface area contributed by atoms with Crippen molar-refractivity contribution in [2.45, 2.75) is 13.0 Å². The highest BCUT2D eigenvalue weighted by molar-refractivity contribution is 6.08. The quantitative estimate of drug-likeness (QED) is 0.256. The Kier molecular flexibility index (Phi) is 7.72. The number of carbonyl (C=O) groups excluding carboxylic acids is 2. The van der Waals surface area contributed by atoms with Crippen molar-refractivity contribution < 1.29 is 18.7 Å². The zero-order valence-corrected chi connectivity index (χ0v) is 22.9. The summed E-state index contributed by atoms with van der Waals surface area (Å²) in [5.74, 6) is -0.423. The summed E-state index contributed by atoms with van der Waals surface area (Å²) in [7, 11) is 0. The van der Waals surface area contributed by atoms with Crippen LogP contribution in [0.3, 0.4) is 0 Å². The van der Waals surface area contributed by atoms with Crippen LogP contribution in [-0.2, 0) is 9.53 Å². The molecule has 0 spiro atoms. The molecule has 2 amide bonds. The molecule has 3 N–H and O–H groups in total. The summed E-state index contributed by atoms with van der Waals surface area (Å²) >= 11 is 0. The van der Waals surface area contributed by atoms with Crippen molar-refractivity contribution in [1.29, 1.82) is 0 Å². The van der Waals surface area contributed by atoms with Gasteiger partial charge in [0.1, 0.15) is 17.6 Å². The number of nitrogens with one attached hydrogen (secondary N) is 3. The van der Waals surface area contributed by atoms with Gasteiger partial charge in [-0.3, -0.25) is 14.6 Å². The minimum atomic E-state index is -0.648. The molecule has 0 saturated carbocycles. The topological polar surface area (TPSA) is 112 Å². The molecule has 3 heterocycles. The number of halogens is 1. The second-order valence-corrected chi connectivity index (χ2v) is 9.94. The highest BCUT2D eigenvalue weighted by Gasteiger charge is 2.24. The van der Waals surface area contributed by atoms with E-state index in [1.165, 1.54) is 12.1 Å². The van der Waals surface area contributed by atoms with E-state index in [1.807, 2.05) is 37.3 Å². The van der Waals surface area contributed by atoms with E-state index in [0.717, 1.165) is 10.8 Å². The van der Waals surface area contributed by atoms with Crippen LogP contribution in [0.4, 0.5) is 15.8 Å². The van der Waals surface area contributed by atoms with E-state index in [1.54, 1.807) is 47.6 Å². The lowest BCUT2D eigenvalue weighted by molar-refractivity contribution is -0.128. The van der Waals surface area contributed by atoms with Crippen LogP contribution in [0, 0.1) is 5.82 Å². The molecule has 5 aromatic rings. The Labute approximate surface area is 241 Å². The van der Waals surface area contributed by atoms with E-state index in [0.29, 0.717) is 66.0 Å². The van der Waals surface area contributed by atoms with Gasteiger partial charge >= 0.3 is 0 Å². The zero-order chi connectivity index (χ0) is 29.1. The molecule has 0 unspecified atom stereocenters. The van der Waals surface area contributed by atoms with E-state index >= 15 is 0 Å². The molecule has 1 aliphatic rings. The molecule has 10 heteroatoms. The molecule has 0 bridgehead atoms. The minimum absolute atomic E-state index is 0.298. The van der Waals surface area contributed by atoms with Gasteiger partial charge < -0.3 is 25.3 Å². The predicted octanol–water partition coefficient (Wildman–Crippen LogP) is 5.02. The Morgan fingerprint density at radius 3 is 2.60 bits per heavy atom. The Bertz CT molecular complexity index is 1750. The zero-order valence-electron chi connectivity index (χ0n) is 22.9. The standard InChI is InChI=1S/C32H29FN6O3/c1-2-39(26-9-7-24(33)8-10-26)32(41)23-13-22(14-25(15-23)37-31(40)29-19-34-11-12-42-29)28-18-36-30(38-28)27-16-20-5-3-4-6-21(20)17-35-27/h3-10,13-18,29,34H,2,11-12,19H2,1H3,(H,36,38)(H,37,40)/t29-/m1/s1. The van der Waals surface area contributed by atoms with Crippen molar-refractivity contribution in [3.8, 4) is 22.8 Å². The first-order chi connectivity index (χ1) is 20.5. The van der Waals surface area contributed by atoms with Gasteiger partial charge in [0.05, 0.1) is 18.5 Å². The van der Waals surface area contributed by atoms with Crippen LogP contribution in [0.2, 0.25) is 0 Å². The van der Waals surface area contributed by atoms with Gasteiger partial charge in [-0.25, -0.2) is 9.37 Å². The van der Waals surface area contributed by atoms with Gasteiger partial charge in [-0.1, -0.05) is 24.3 Å². The number of aromatic amines is 1. The highest BCUT2D eigenvalue weighted by Crippen LogP contribution is 2.29. The van der Waals surface area contributed by atoms with Gasteiger partial charge in [-0.05, 0) is 60.8 Å². The SMILES string of the molecule is CCN(C(=O)c1cc(NC(=O)[C@H]2CNCCO2)cc(-c2cnc(-c3cc4ccccc4cn3)[nH]2)c1)c1ccc(F)cc1. The second kappa shape index (κ2) is 11.9. The van der Waals surface area contributed by atoms with Gasteiger partial charge in [0.2, 0.25) is 0 Å². The lowest BCUT2D eigenvalue weighted by Crippen LogP contribution is -2.45. The molecule has 212 valence electrons. The maximum Gasteiger partial charge on any atom is 0.258 e. The molecular weight excluding hydrogens is 535 g/mol. The molecule has 9 nitrogen and oxygen atoms in total. The summed E-state index contributed by atoms with van der Waals surface area (Å²) in [4.78, 5) is 40.8. The van der Waals surface area contributed by atoms with E-state index in [9.17, 15) is 14.0 Å². The summed E-state index contributed by atoms with van der Waals surface area (Å²) in [6.45, 7) is 3.72. The average Bonchev–Trinajstić information content (AvgIpc) is 3.53. The molecule has 3 aromatic carbocycles. The summed E-state index contributed by atoms with van der Waals surface area (Å²) in [6, 6.07) is 20.8. The van der Waals surface area contributed by atoms with Gasteiger partial charge in [0.25, 0.3) is 11.8 Å². The van der Waals surface area contributed by atoms with E-state index in [2.05, 4.69) is 25.6 Å². The van der Waals surface area contributed by atoms with Crippen molar-refractivity contribution >= 4 is 34.0 Å². The molecular formula is C32H29FN6O3. The second-order valence-electron chi connectivity index (χ2n) is 9.94. The van der Waals surface area contributed by atoms with Crippen LogP contribution in [0.15, 0.2) is 85.2 Å². The van der Waals surface area contributed by atoms with Crippen molar-refractivity contribution in [1.82, 2.24) is 20.3 Å². The van der Waals surface area contributed by atoms with Gasteiger partial charge in [-0.2, -0.15) is 0 Å². The molecule has 0 radical (unpaired) electrons. The summed E-state index contributed by atoms with van der Waals surface area (Å²) in [6.07, 6.45) is 2.83. The van der Waals surface area contributed by atoms with E-state index in [4.69, 9.17) is 4.74 Å². The van der Waals surface area contributed by atoms with Crippen molar-refractivity contribution in [3.63, 3.8) is 0 Å². The van der Waals surface area contributed by atoms with Crippen molar-refractivity contribution in [3.05, 3.63) is 96.6 Å². The number of pyridine rings is 1. The lowest BCUT2D eigenvalue weighted by Gasteiger charge is -2.24. The highest BCUT2D eigenvalue weighted by atomic mass is 19.1. The number of nitrogens with zero attached hydrogens (tertiary/aromatic N) is 3. The number of aromatic nitrogens is 3. The number of morpholine rings is 1. The fourth-order valence-corrected chi connectivity index (χ4v) is 4.97. The Morgan fingerprint density at radius 2 is 1.83 bits per heavy atom. The normalized spacial score (nSPS) is 15.0. The number of rotatable bonds is 7. The molecule has 1 fully saturated rings. The number of benzene rings is 3. The fraction of sp³-hybridized carbons (Fsp3) is 0.188. The third kappa shape index (κ3) is 5.76. The first-order valence-electron chi connectivity index (χ1n) is 13.7. The molecule has 42 heavy (non-hydrogen) atoms. The average molecular weight is 565 g/mol. The Balaban J connectivity index is 1.36. The number of hydrogen-bond donors (Lipinski definition) is 3. The number of fused-ring (bicyclic) bond motifs is 1. The molecule has 1 aliphatic heterocycles. The smallest absolute Gasteiger partial charge is 0.258 e. The maximum atomic E-state index is 13.8. The van der Waals surface area contributed by atoms with E-state index < -0.39 is 6.10 Å². The number of amides is 2. The number of imidazole rings is 1. The first-order valence-corrected chi connectivity index (χ1v) is 13.7. The molecule has 1 saturated heterocycles. The number of H-pyrrole nitrogens is 1. The predicted molar refractivity (Wildman–Crippen MR) is 160 cm³/mol. The van der Waals surface area contributed by atoms with Gasteiger partial charge in [-0.15, -0.1) is 0 Å². The maximum absolute atomic E-state index is 13.8. The summed E-state index contributed by atoms with van der Waals surface area (Å²) < 4.78 is 19.2. The minimum Gasteiger partial charge on any atom is -0.366 e. The molecule has 2 aromatic heterocycles. The third-order valence-corrected chi connectivity index (χ3v) is 7.13. The van der Waals surface area contributed by atoms with Crippen LogP contribution in [-0.4, -0.2) is 59.1 Å². The molecule has 0 aliphatic carbocycles. The number of anilines is 2. The van der Waals surface area contributed by atoms with E-state index in [-0.39, 0.29) is 17.6 Å². The Morgan fingerprint density at radius 1 is 1.02 bits per heavy atom. The monoisotopic (exact) mass is 564 g/mol. The lowest BCUT2D eigenvalue weighted by atomic mass is 10.0. The Hall–Kier alpha value is -4.93. The van der Waals surface area contributed by atoms with Crippen molar-refractivity contribution in [2.75, 3.05) is 36.5 Å². The third-order valence-electron chi connectivity index (χ3n) is 7.13. The van der Waals surface area contributed by atoms with Crippen molar-refractivity contribution in [2.24, 2.45) is 0 Å². The first kappa shape index (κ1) is 27.3. The molecule has 1 atom stereocenters. The number of hydrogen-bond acceptors (Lipinski definition) is 6. The van der Waals surface area contributed by atoms with Crippen LogP contribution < -0.4 is 15.5 Å².